The quantitative estimate of drug-likeness (QED) is 0.566. The van der Waals surface area contributed by atoms with Crippen LogP contribution in [-0.4, -0.2) is 63.7 Å². The van der Waals surface area contributed by atoms with Crippen molar-refractivity contribution >= 4 is 11.8 Å². The molecule has 0 spiro atoms. The average Bonchev–Trinajstić information content (AvgIpc) is 2.72. The van der Waals surface area contributed by atoms with E-state index >= 15 is 0 Å². The first-order chi connectivity index (χ1) is 14.8. The van der Waals surface area contributed by atoms with Crippen molar-refractivity contribution in [3.05, 3.63) is 59.7 Å². The van der Waals surface area contributed by atoms with Gasteiger partial charge in [-0.1, -0.05) is 30.3 Å². The van der Waals surface area contributed by atoms with Gasteiger partial charge in [0.1, 0.15) is 0 Å². The maximum absolute atomic E-state index is 12.4. The fourth-order valence-corrected chi connectivity index (χ4v) is 3.04. The molecule has 0 saturated heterocycles. The number of ether oxygens (including phenoxy) is 2. The fraction of sp³-hybridized carbons (Fsp3) is 0.364. The summed E-state index contributed by atoms with van der Waals surface area (Å²) >= 11 is 0. The van der Waals surface area contributed by atoms with Crippen LogP contribution in [0.25, 0.3) is 0 Å². The van der Waals surface area contributed by atoms with Gasteiger partial charge in [0.2, 0.25) is 5.91 Å². The van der Waals surface area contributed by atoms with Gasteiger partial charge in [-0.3, -0.25) is 9.59 Å². The van der Waals surface area contributed by atoms with Crippen LogP contribution >= 0.6 is 0 Å². The molecule has 0 heterocycles. The summed E-state index contributed by atoms with van der Waals surface area (Å²) in [6.45, 7) is -2.60. The molecule has 9 heteroatoms. The number of hydrogen-bond acceptors (Lipinski definition) is 5. The van der Waals surface area contributed by atoms with Gasteiger partial charge >= 0.3 is 6.61 Å². The van der Waals surface area contributed by atoms with E-state index in [1.165, 1.54) is 25.3 Å². The summed E-state index contributed by atoms with van der Waals surface area (Å²) in [6.07, 6.45) is 0.654. The Hall–Kier alpha value is -3.20. The lowest BCUT2D eigenvalue weighted by molar-refractivity contribution is -0.120. The molecule has 7 nitrogen and oxygen atoms in total. The van der Waals surface area contributed by atoms with Crippen molar-refractivity contribution in [1.29, 1.82) is 0 Å². The van der Waals surface area contributed by atoms with Gasteiger partial charge in [-0.15, -0.1) is 0 Å². The van der Waals surface area contributed by atoms with Gasteiger partial charge in [-0.25, -0.2) is 0 Å². The van der Waals surface area contributed by atoms with E-state index in [1.54, 1.807) is 0 Å². The highest BCUT2D eigenvalue weighted by molar-refractivity contribution is 5.97. The van der Waals surface area contributed by atoms with Gasteiger partial charge in [-0.05, 0) is 44.3 Å². The van der Waals surface area contributed by atoms with Crippen LogP contribution in [0, 0.1) is 0 Å². The molecular weight excluding hydrogens is 408 g/mol. The first-order valence-electron chi connectivity index (χ1n) is 9.67. The van der Waals surface area contributed by atoms with Crippen LogP contribution in [0.3, 0.4) is 0 Å². The van der Waals surface area contributed by atoms with E-state index in [0.717, 1.165) is 5.56 Å². The van der Waals surface area contributed by atoms with Crippen LogP contribution < -0.4 is 20.1 Å². The lowest BCUT2D eigenvalue weighted by Gasteiger charge is -2.22. The van der Waals surface area contributed by atoms with Crippen LogP contribution in [-0.2, 0) is 11.2 Å². The number of likely N-dealkylation sites (N-methyl/N-ethyl adjacent to an activating group) is 1. The number of rotatable bonds is 11. The Labute approximate surface area is 180 Å². The highest BCUT2D eigenvalue weighted by atomic mass is 19.3. The molecule has 31 heavy (non-hydrogen) atoms. The number of benzene rings is 2. The maximum atomic E-state index is 12.4. The summed E-state index contributed by atoms with van der Waals surface area (Å²) < 4.78 is 34.2. The molecule has 0 bridgehead atoms. The standard InChI is InChI=1S/C22H27F2N3O4/c1-27(2)14-17(11-15-7-5-4-6-8-15)26-20(28)13-25-21(29)16-9-10-18(31-22(23)24)19(12-16)30-3/h4-10,12,17,22H,11,13-14H2,1-3H3,(H,25,29)(H,26,28). The number of carbonyl (C=O) groups is 2. The molecule has 2 amide bonds. The smallest absolute Gasteiger partial charge is 0.387 e. The second kappa shape index (κ2) is 11.8. The summed E-state index contributed by atoms with van der Waals surface area (Å²) in [5.74, 6) is -1.06. The molecule has 0 aliphatic carbocycles. The number of halogens is 2. The molecule has 2 rings (SSSR count). The number of alkyl halides is 2. The third-order valence-corrected chi connectivity index (χ3v) is 4.33. The van der Waals surface area contributed by atoms with Gasteiger partial charge in [-0.2, -0.15) is 8.78 Å². The zero-order chi connectivity index (χ0) is 22.8. The first kappa shape index (κ1) is 24.1. The normalized spacial score (nSPS) is 11.8. The van der Waals surface area contributed by atoms with Gasteiger partial charge in [0.05, 0.1) is 13.7 Å². The molecule has 0 aromatic heterocycles. The summed E-state index contributed by atoms with van der Waals surface area (Å²) in [4.78, 5) is 26.7. The van der Waals surface area contributed by atoms with Crippen molar-refractivity contribution < 1.29 is 27.8 Å². The van der Waals surface area contributed by atoms with E-state index in [2.05, 4.69) is 15.4 Å². The van der Waals surface area contributed by atoms with Crippen LogP contribution in [0.2, 0.25) is 0 Å². The van der Waals surface area contributed by atoms with Gasteiger partial charge < -0.3 is 25.0 Å². The van der Waals surface area contributed by atoms with E-state index in [1.807, 2.05) is 49.3 Å². The first-order valence-corrected chi connectivity index (χ1v) is 9.67. The van der Waals surface area contributed by atoms with Crippen molar-refractivity contribution in [2.75, 3.05) is 34.3 Å². The van der Waals surface area contributed by atoms with Crippen molar-refractivity contribution in [3.8, 4) is 11.5 Å². The highest BCUT2D eigenvalue weighted by Gasteiger charge is 2.17. The number of methoxy groups -OCH3 is 1. The molecule has 2 aromatic carbocycles. The molecule has 0 radical (unpaired) electrons. The topological polar surface area (TPSA) is 79.9 Å². The van der Waals surface area contributed by atoms with E-state index in [4.69, 9.17) is 4.74 Å². The Morgan fingerprint density at radius 1 is 1.06 bits per heavy atom. The average molecular weight is 435 g/mol. The minimum atomic E-state index is -3.01. The Balaban J connectivity index is 1.94. The third kappa shape index (κ3) is 8.21. The third-order valence-electron chi connectivity index (χ3n) is 4.33. The molecule has 2 N–H and O–H groups in total. The SMILES string of the molecule is COc1cc(C(=O)NCC(=O)NC(Cc2ccccc2)CN(C)C)ccc1OC(F)F. The zero-order valence-corrected chi connectivity index (χ0v) is 17.7. The molecule has 0 aliphatic heterocycles. The number of nitrogens with zero attached hydrogens (tertiary/aromatic N) is 1. The second-order valence-electron chi connectivity index (χ2n) is 7.14. The highest BCUT2D eigenvalue weighted by Crippen LogP contribution is 2.29. The Morgan fingerprint density at radius 2 is 1.77 bits per heavy atom. The minimum Gasteiger partial charge on any atom is -0.493 e. The molecule has 0 saturated carbocycles. The molecule has 0 aliphatic rings. The number of nitrogens with one attached hydrogen (secondary N) is 2. The molecular formula is C22H27F2N3O4. The largest absolute Gasteiger partial charge is 0.493 e. The molecule has 1 atom stereocenters. The monoisotopic (exact) mass is 435 g/mol. The summed E-state index contributed by atoms with van der Waals surface area (Å²) in [7, 11) is 5.11. The number of hydrogen-bond donors (Lipinski definition) is 2. The van der Waals surface area contributed by atoms with Gasteiger partial charge in [0.15, 0.2) is 11.5 Å². The summed E-state index contributed by atoms with van der Waals surface area (Å²) in [5.41, 5.74) is 1.25. The van der Waals surface area contributed by atoms with Crippen LogP contribution in [0.4, 0.5) is 8.78 Å². The van der Waals surface area contributed by atoms with Crippen LogP contribution in [0.5, 0.6) is 11.5 Å². The lowest BCUT2D eigenvalue weighted by Crippen LogP contribution is -2.47. The second-order valence-corrected chi connectivity index (χ2v) is 7.14. The molecule has 168 valence electrons. The Bertz CT molecular complexity index is 863. The molecule has 1 unspecified atom stereocenters. The van der Waals surface area contributed by atoms with Crippen LogP contribution in [0.15, 0.2) is 48.5 Å². The van der Waals surface area contributed by atoms with Crippen LogP contribution in [0.1, 0.15) is 15.9 Å². The van der Waals surface area contributed by atoms with Crippen molar-refractivity contribution in [2.24, 2.45) is 0 Å². The maximum Gasteiger partial charge on any atom is 0.387 e. The predicted molar refractivity (Wildman–Crippen MR) is 113 cm³/mol. The van der Waals surface area contributed by atoms with E-state index in [-0.39, 0.29) is 35.6 Å². The number of carbonyl (C=O) groups excluding carboxylic acids is 2. The zero-order valence-electron chi connectivity index (χ0n) is 17.7. The Kier molecular flexibility index (Phi) is 9.20. The van der Waals surface area contributed by atoms with E-state index < -0.39 is 12.5 Å². The number of amides is 2. The van der Waals surface area contributed by atoms with Gasteiger partial charge in [0, 0.05) is 18.2 Å². The Morgan fingerprint density at radius 3 is 2.39 bits per heavy atom. The summed E-state index contributed by atoms with van der Waals surface area (Å²) in [5, 5.41) is 5.46. The molecule has 0 fully saturated rings. The van der Waals surface area contributed by atoms with Crippen molar-refractivity contribution in [1.82, 2.24) is 15.5 Å². The van der Waals surface area contributed by atoms with E-state index in [0.29, 0.717) is 13.0 Å². The molecule has 2 aromatic rings. The summed E-state index contributed by atoms with van der Waals surface area (Å²) in [6, 6.07) is 13.5. The fourth-order valence-electron chi connectivity index (χ4n) is 3.04. The minimum absolute atomic E-state index is 0.00805. The van der Waals surface area contributed by atoms with Crippen molar-refractivity contribution in [3.63, 3.8) is 0 Å². The van der Waals surface area contributed by atoms with Crippen molar-refractivity contribution in [2.45, 2.75) is 19.1 Å². The predicted octanol–water partition coefficient (Wildman–Crippen LogP) is 2.32. The van der Waals surface area contributed by atoms with Gasteiger partial charge in [0.25, 0.3) is 5.91 Å². The lowest BCUT2D eigenvalue weighted by atomic mass is 10.1. The van der Waals surface area contributed by atoms with E-state index in [9.17, 15) is 18.4 Å².